The third-order valence-electron chi connectivity index (χ3n) is 4.04. The summed E-state index contributed by atoms with van der Waals surface area (Å²) in [7, 11) is 0. The Hall–Kier alpha value is -1.13. The summed E-state index contributed by atoms with van der Waals surface area (Å²) in [4.78, 5) is 12.9. The van der Waals surface area contributed by atoms with E-state index in [4.69, 9.17) is 16.7 Å². The summed E-state index contributed by atoms with van der Waals surface area (Å²) in [5.74, 6) is -0.641. The Morgan fingerprint density at radius 1 is 1.60 bits per heavy atom. The van der Waals surface area contributed by atoms with Crippen LogP contribution < -0.4 is 0 Å². The van der Waals surface area contributed by atoms with Gasteiger partial charge in [-0.3, -0.25) is 9.69 Å². The molecule has 110 valence electrons. The SMILES string of the molecule is CC(c1ccc(F)cc1Cl)N1CCC(CCC(=O)O)C1. The van der Waals surface area contributed by atoms with Gasteiger partial charge < -0.3 is 5.11 Å². The van der Waals surface area contributed by atoms with E-state index >= 15 is 0 Å². The first kappa shape index (κ1) is 15.3. The van der Waals surface area contributed by atoms with E-state index in [1.807, 2.05) is 0 Å². The maximum atomic E-state index is 13.1. The molecule has 1 aromatic rings. The van der Waals surface area contributed by atoms with Crippen LogP contribution >= 0.6 is 11.6 Å². The molecule has 0 aromatic heterocycles. The lowest BCUT2D eigenvalue weighted by Crippen LogP contribution is -2.25. The lowest BCUT2D eigenvalue weighted by atomic mass is 10.0. The number of carboxylic acids is 1. The number of hydrogen-bond donors (Lipinski definition) is 1. The summed E-state index contributed by atoms with van der Waals surface area (Å²) in [5.41, 5.74) is 0.923. The minimum Gasteiger partial charge on any atom is -0.481 e. The van der Waals surface area contributed by atoms with E-state index in [1.54, 1.807) is 6.07 Å². The molecule has 0 spiro atoms. The quantitative estimate of drug-likeness (QED) is 0.900. The molecule has 1 fully saturated rings. The van der Waals surface area contributed by atoms with Crippen molar-refractivity contribution in [3.8, 4) is 0 Å². The largest absolute Gasteiger partial charge is 0.481 e. The molecule has 0 saturated carbocycles. The van der Waals surface area contributed by atoms with Gasteiger partial charge in [-0.25, -0.2) is 4.39 Å². The van der Waals surface area contributed by atoms with Gasteiger partial charge in [0.05, 0.1) is 0 Å². The molecule has 2 unspecified atom stereocenters. The van der Waals surface area contributed by atoms with Gasteiger partial charge in [-0.05, 0) is 49.9 Å². The highest BCUT2D eigenvalue weighted by molar-refractivity contribution is 6.31. The van der Waals surface area contributed by atoms with Crippen LogP contribution in [-0.4, -0.2) is 29.1 Å². The van der Waals surface area contributed by atoms with Gasteiger partial charge in [0, 0.05) is 24.0 Å². The molecule has 1 heterocycles. The Morgan fingerprint density at radius 2 is 2.35 bits per heavy atom. The van der Waals surface area contributed by atoms with Crippen LogP contribution in [0.2, 0.25) is 5.02 Å². The van der Waals surface area contributed by atoms with E-state index in [1.165, 1.54) is 12.1 Å². The van der Waals surface area contributed by atoms with Crippen LogP contribution in [0.4, 0.5) is 4.39 Å². The average molecular weight is 300 g/mol. The van der Waals surface area contributed by atoms with E-state index in [0.717, 1.165) is 31.5 Å². The van der Waals surface area contributed by atoms with Gasteiger partial charge in [0.15, 0.2) is 0 Å². The van der Waals surface area contributed by atoms with E-state index in [0.29, 0.717) is 10.9 Å². The molecule has 0 bridgehead atoms. The van der Waals surface area contributed by atoms with Crippen molar-refractivity contribution in [2.75, 3.05) is 13.1 Å². The fourth-order valence-corrected chi connectivity index (χ4v) is 3.14. The standard InChI is InChI=1S/C15H19ClFNO2/c1-10(13-4-3-12(17)8-14(13)16)18-7-6-11(9-18)2-5-15(19)20/h3-4,8,10-11H,2,5-7,9H2,1H3,(H,19,20). The lowest BCUT2D eigenvalue weighted by Gasteiger charge is -2.25. The number of rotatable bonds is 5. The van der Waals surface area contributed by atoms with Crippen molar-refractivity contribution < 1.29 is 14.3 Å². The minimum absolute atomic E-state index is 0.123. The molecular formula is C15H19ClFNO2. The van der Waals surface area contributed by atoms with Gasteiger partial charge >= 0.3 is 5.97 Å². The fourth-order valence-electron chi connectivity index (χ4n) is 2.81. The molecule has 0 radical (unpaired) electrons. The van der Waals surface area contributed by atoms with E-state index < -0.39 is 5.97 Å². The highest BCUT2D eigenvalue weighted by Gasteiger charge is 2.27. The summed E-state index contributed by atoms with van der Waals surface area (Å²) < 4.78 is 13.1. The third-order valence-corrected chi connectivity index (χ3v) is 4.37. The van der Waals surface area contributed by atoms with Crippen LogP contribution in [0.3, 0.4) is 0 Å². The first-order chi connectivity index (χ1) is 9.47. The summed E-state index contributed by atoms with van der Waals surface area (Å²) >= 11 is 6.10. The molecule has 1 aliphatic rings. The molecule has 2 atom stereocenters. The van der Waals surface area contributed by atoms with Crippen molar-refractivity contribution in [2.45, 2.75) is 32.2 Å². The number of hydrogen-bond acceptors (Lipinski definition) is 2. The van der Waals surface area contributed by atoms with E-state index in [-0.39, 0.29) is 18.3 Å². The van der Waals surface area contributed by atoms with Crippen LogP contribution in [0.25, 0.3) is 0 Å². The molecular weight excluding hydrogens is 281 g/mol. The number of halogens is 2. The van der Waals surface area contributed by atoms with Crippen molar-refractivity contribution in [3.05, 3.63) is 34.6 Å². The molecule has 2 rings (SSSR count). The zero-order chi connectivity index (χ0) is 14.7. The maximum absolute atomic E-state index is 13.1. The third kappa shape index (κ3) is 3.70. The Bertz CT molecular complexity index is 495. The first-order valence-corrected chi connectivity index (χ1v) is 7.26. The summed E-state index contributed by atoms with van der Waals surface area (Å²) in [5, 5.41) is 9.17. The topological polar surface area (TPSA) is 40.5 Å². The number of benzene rings is 1. The second-order valence-electron chi connectivity index (χ2n) is 5.42. The molecule has 1 saturated heterocycles. The van der Waals surface area contributed by atoms with Gasteiger partial charge in [0.25, 0.3) is 0 Å². The normalized spacial score (nSPS) is 21.1. The summed E-state index contributed by atoms with van der Waals surface area (Å²) in [6, 6.07) is 4.62. The van der Waals surface area contributed by atoms with Crippen molar-refractivity contribution in [2.24, 2.45) is 5.92 Å². The molecule has 1 aromatic carbocycles. The van der Waals surface area contributed by atoms with Crippen LogP contribution in [0.1, 0.15) is 37.8 Å². The van der Waals surface area contributed by atoms with Crippen molar-refractivity contribution in [1.82, 2.24) is 4.90 Å². The summed E-state index contributed by atoms with van der Waals surface area (Å²) in [6.07, 6.45) is 1.95. The Balaban J connectivity index is 1.97. The van der Waals surface area contributed by atoms with Crippen molar-refractivity contribution in [1.29, 1.82) is 0 Å². The molecule has 0 aliphatic carbocycles. The Morgan fingerprint density at radius 3 is 3.00 bits per heavy atom. The Labute approximate surface area is 123 Å². The second kappa shape index (κ2) is 6.55. The summed E-state index contributed by atoms with van der Waals surface area (Å²) in [6.45, 7) is 3.86. The molecule has 5 heteroatoms. The predicted molar refractivity (Wildman–Crippen MR) is 76.4 cm³/mol. The number of aliphatic carboxylic acids is 1. The van der Waals surface area contributed by atoms with Crippen LogP contribution in [-0.2, 0) is 4.79 Å². The van der Waals surface area contributed by atoms with Crippen LogP contribution in [0, 0.1) is 11.7 Å². The van der Waals surface area contributed by atoms with E-state index in [2.05, 4.69) is 11.8 Å². The second-order valence-corrected chi connectivity index (χ2v) is 5.83. The fraction of sp³-hybridized carbons (Fsp3) is 0.533. The van der Waals surface area contributed by atoms with E-state index in [9.17, 15) is 9.18 Å². The zero-order valence-electron chi connectivity index (χ0n) is 11.5. The van der Waals surface area contributed by atoms with Gasteiger partial charge in [-0.1, -0.05) is 17.7 Å². The van der Waals surface area contributed by atoms with Crippen LogP contribution in [0.15, 0.2) is 18.2 Å². The first-order valence-electron chi connectivity index (χ1n) is 6.88. The maximum Gasteiger partial charge on any atom is 0.303 e. The smallest absolute Gasteiger partial charge is 0.303 e. The number of nitrogens with zero attached hydrogens (tertiary/aromatic N) is 1. The number of carboxylic acid groups (broad SMARTS) is 1. The predicted octanol–water partition coefficient (Wildman–Crippen LogP) is 3.73. The van der Waals surface area contributed by atoms with Gasteiger partial charge in [-0.15, -0.1) is 0 Å². The molecule has 0 amide bonds. The van der Waals surface area contributed by atoms with Crippen LogP contribution in [0.5, 0.6) is 0 Å². The zero-order valence-corrected chi connectivity index (χ0v) is 12.2. The molecule has 20 heavy (non-hydrogen) atoms. The van der Waals surface area contributed by atoms with Gasteiger partial charge in [0.1, 0.15) is 5.82 Å². The number of carbonyl (C=O) groups is 1. The minimum atomic E-state index is -0.738. The van der Waals surface area contributed by atoms with Gasteiger partial charge in [0.2, 0.25) is 0 Å². The average Bonchev–Trinajstić information content (AvgIpc) is 2.84. The number of likely N-dealkylation sites (tertiary alicyclic amines) is 1. The molecule has 3 nitrogen and oxygen atoms in total. The Kier molecular flexibility index (Phi) is 5.00. The molecule has 1 N–H and O–H groups in total. The lowest BCUT2D eigenvalue weighted by molar-refractivity contribution is -0.137. The van der Waals surface area contributed by atoms with Gasteiger partial charge in [-0.2, -0.15) is 0 Å². The molecule has 1 aliphatic heterocycles. The van der Waals surface area contributed by atoms with Crippen molar-refractivity contribution in [3.63, 3.8) is 0 Å². The highest BCUT2D eigenvalue weighted by atomic mass is 35.5. The highest BCUT2D eigenvalue weighted by Crippen LogP contribution is 2.32. The van der Waals surface area contributed by atoms with Crippen molar-refractivity contribution >= 4 is 17.6 Å². The monoisotopic (exact) mass is 299 g/mol.